The quantitative estimate of drug-likeness (QED) is 0.666. The molecule has 0 aromatic carbocycles. The molecule has 2 rings (SSSR count). The summed E-state index contributed by atoms with van der Waals surface area (Å²) in [4.78, 5) is 5.02. The SMILES string of the molecule is CC(C)(C)c1cccc(C2C(C)(C)CCC2(C)C)n1. The minimum atomic E-state index is 0.128. The van der Waals surface area contributed by atoms with Crippen molar-refractivity contribution in [2.75, 3.05) is 0 Å². The van der Waals surface area contributed by atoms with E-state index in [4.69, 9.17) is 4.98 Å². The number of nitrogens with zero attached hydrogens (tertiary/aromatic N) is 1. The third kappa shape index (κ3) is 2.70. The number of aromatic nitrogens is 1. The normalized spacial score (nSPS) is 22.7. The van der Waals surface area contributed by atoms with Crippen molar-refractivity contribution in [2.24, 2.45) is 10.8 Å². The van der Waals surface area contributed by atoms with Gasteiger partial charge in [-0.2, -0.15) is 0 Å². The Morgan fingerprint density at radius 1 is 1.00 bits per heavy atom. The first kappa shape index (κ1) is 14.6. The molecule has 1 saturated carbocycles. The Bertz CT molecular complexity index is 447. The van der Waals surface area contributed by atoms with Crippen molar-refractivity contribution in [3.8, 4) is 0 Å². The highest BCUT2D eigenvalue weighted by atomic mass is 14.8. The van der Waals surface area contributed by atoms with Gasteiger partial charge in [0.05, 0.1) is 0 Å². The minimum Gasteiger partial charge on any atom is -0.257 e. The first-order chi connectivity index (χ1) is 8.54. The fourth-order valence-corrected chi connectivity index (χ4v) is 3.82. The zero-order valence-electron chi connectivity index (χ0n) is 13.7. The van der Waals surface area contributed by atoms with Gasteiger partial charge < -0.3 is 0 Å². The topological polar surface area (TPSA) is 12.9 Å². The molecule has 106 valence electrons. The predicted molar refractivity (Wildman–Crippen MR) is 82.5 cm³/mol. The summed E-state index contributed by atoms with van der Waals surface area (Å²) in [5.74, 6) is 0.558. The second kappa shape index (κ2) is 4.33. The van der Waals surface area contributed by atoms with Gasteiger partial charge in [-0.15, -0.1) is 0 Å². The van der Waals surface area contributed by atoms with Crippen LogP contribution in [0.1, 0.15) is 78.6 Å². The summed E-state index contributed by atoms with van der Waals surface area (Å²) < 4.78 is 0. The van der Waals surface area contributed by atoms with Crippen LogP contribution in [0.2, 0.25) is 0 Å². The Morgan fingerprint density at radius 3 is 2.00 bits per heavy atom. The molecule has 0 bridgehead atoms. The lowest BCUT2D eigenvalue weighted by Gasteiger charge is -2.35. The maximum absolute atomic E-state index is 5.02. The summed E-state index contributed by atoms with van der Waals surface area (Å²) in [7, 11) is 0. The molecule has 19 heavy (non-hydrogen) atoms. The lowest BCUT2D eigenvalue weighted by atomic mass is 9.70. The maximum Gasteiger partial charge on any atom is 0.0460 e. The van der Waals surface area contributed by atoms with Crippen molar-refractivity contribution in [2.45, 2.75) is 72.6 Å². The molecule has 0 unspecified atom stereocenters. The maximum atomic E-state index is 5.02. The standard InChI is InChI=1S/C18H29N/c1-16(2,3)14-10-8-9-13(19-14)15-17(4,5)11-12-18(15,6)7/h8-10,15H,11-12H2,1-7H3. The fraction of sp³-hybridized carbons (Fsp3) is 0.722. The molecule has 1 aromatic rings. The third-order valence-electron chi connectivity index (χ3n) is 4.81. The van der Waals surface area contributed by atoms with Crippen LogP contribution in [0.4, 0.5) is 0 Å². The number of hydrogen-bond donors (Lipinski definition) is 0. The molecule has 0 spiro atoms. The molecule has 1 aromatic heterocycles. The molecular formula is C18H29N. The highest BCUT2D eigenvalue weighted by Crippen LogP contribution is 2.58. The Kier molecular flexibility index (Phi) is 3.32. The van der Waals surface area contributed by atoms with Crippen LogP contribution in [-0.2, 0) is 5.41 Å². The number of pyridine rings is 1. The van der Waals surface area contributed by atoms with Crippen LogP contribution >= 0.6 is 0 Å². The van der Waals surface area contributed by atoms with E-state index in [9.17, 15) is 0 Å². The van der Waals surface area contributed by atoms with Gasteiger partial charge >= 0.3 is 0 Å². The molecule has 1 aliphatic rings. The van der Waals surface area contributed by atoms with Gasteiger partial charge in [0, 0.05) is 22.7 Å². The average molecular weight is 259 g/mol. The first-order valence-corrected chi connectivity index (χ1v) is 7.51. The van der Waals surface area contributed by atoms with Gasteiger partial charge in [0.15, 0.2) is 0 Å². The van der Waals surface area contributed by atoms with Crippen molar-refractivity contribution >= 4 is 0 Å². The molecular weight excluding hydrogens is 230 g/mol. The number of rotatable bonds is 1. The summed E-state index contributed by atoms with van der Waals surface area (Å²) >= 11 is 0. The van der Waals surface area contributed by atoms with E-state index >= 15 is 0 Å². The zero-order chi connectivity index (χ0) is 14.5. The third-order valence-corrected chi connectivity index (χ3v) is 4.81. The average Bonchev–Trinajstić information content (AvgIpc) is 2.47. The molecule has 1 heteroatoms. The molecule has 0 radical (unpaired) electrons. The summed E-state index contributed by atoms with van der Waals surface area (Å²) in [6.45, 7) is 16.3. The molecule has 0 amide bonds. The van der Waals surface area contributed by atoms with E-state index in [-0.39, 0.29) is 5.41 Å². The van der Waals surface area contributed by atoms with Crippen LogP contribution in [0, 0.1) is 10.8 Å². The summed E-state index contributed by atoms with van der Waals surface area (Å²) in [6.07, 6.45) is 2.60. The first-order valence-electron chi connectivity index (χ1n) is 7.51. The summed E-state index contributed by atoms with van der Waals surface area (Å²) in [5.41, 5.74) is 3.34. The summed E-state index contributed by atoms with van der Waals surface area (Å²) in [5, 5.41) is 0. The molecule has 1 aliphatic carbocycles. The lowest BCUT2D eigenvalue weighted by Crippen LogP contribution is -2.27. The van der Waals surface area contributed by atoms with E-state index in [1.807, 2.05) is 0 Å². The number of hydrogen-bond acceptors (Lipinski definition) is 1. The van der Waals surface area contributed by atoms with Gasteiger partial charge in [0.1, 0.15) is 0 Å². The van der Waals surface area contributed by atoms with Crippen molar-refractivity contribution in [3.05, 3.63) is 29.6 Å². The van der Waals surface area contributed by atoms with Crippen LogP contribution in [0.5, 0.6) is 0 Å². The van der Waals surface area contributed by atoms with E-state index in [0.29, 0.717) is 16.7 Å². The van der Waals surface area contributed by atoms with Crippen molar-refractivity contribution in [1.82, 2.24) is 4.98 Å². The van der Waals surface area contributed by atoms with Crippen molar-refractivity contribution in [3.63, 3.8) is 0 Å². The lowest BCUT2D eigenvalue weighted by molar-refractivity contribution is 0.233. The van der Waals surface area contributed by atoms with Gasteiger partial charge in [-0.3, -0.25) is 4.98 Å². The molecule has 0 atom stereocenters. The van der Waals surface area contributed by atoms with E-state index in [1.165, 1.54) is 24.2 Å². The van der Waals surface area contributed by atoms with E-state index in [0.717, 1.165) is 0 Å². The van der Waals surface area contributed by atoms with Crippen molar-refractivity contribution in [1.29, 1.82) is 0 Å². The molecule has 1 heterocycles. The Labute approximate surface area is 118 Å². The molecule has 1 nitrogen and oxygen atoms in total. The van der Waals surface area contributed by atoms with E-state index in [2.05, 4.69) is 66.7 Å². The van der Waals surface area contributed by atoms with Crippen LogP contribution in [0.15, 0.2) is 18.2 Å². The van der Waals surface area contributed by atoms with Crippen LogP contribution in [0.25, 0.3) is 0 Å². The highest BCUT2D eigenvalue weighted by Gasteiger charge is 2.48. The van der Waals surface area contributed by atoms with E-state index in [1.54, 1.807) is 0 Å². The second-order valence-corrected chi connectivity index (χ2v) is 8.61. The largest absolute Gasteiger partial charge is 0.257 e. The van der Waals surface area contributed by atoms with Gasteiger partial charge in [0.2, 0.25) is 0 Å². The van der Waals surface area contributed by atoms with Crippen LogP contribution < -0.4 is 0 Å². The monoisotopic (exact) mass is 259 g/mol. The Morgan fingerprint density at radius 2 is 1.53 bits per heavy atom. The summed E-state index contributed by atoms with van der Waals surface area (Å²) in [6, 6.07) is 6.58. The zero-order valence-corrected chi connectivity index (χ0v) is 13.7. The van der Waals surface area contributed by atoms with Gasteiger partial charge in [0.25, 0.3) is 0 Å². The molecule has 0 saturated heterocycles. The molecule has 1 fully saturated rings. The Hall–Kier alpha value is -0.850. The minimum absolute atomic E-state index is 0.128. The smallest absolute Gasteiger partial charge is 0.0460 e. The van der Waals surface area contributed by atoms with Gasteiger partial charge in [-0.25, -0.2) is 0 Å². The van der Waals surface area contributed by atoms with Gasteiger partial charge in [-0.1, -0.05) is 54.5 Å². The predicted octanol–water partition coefficient (Wildman–Crippen LogP) is 5.31. The molecule has 0 aliphatic heterocycles. The second-order valence-electron chi connectivity index (χ2n) is 8.61. The Balaban J connectivity index is 2.47. The van der Waals surface area contributed by atoms with Crippen molar-refractivity contribution < 1.29 is 0 Å². The fourth-order valence-electron chi connectivity index (χ4n) is 3.82. The molecule has 0 N–H and O–H groups in total. The van der Waals surface area contributed by atoms with Crippen LogP contribution in [0.3, 0.4) is 0 Å². The van der Waals surface area contributed by atoms with Crippen LogP contribution in [-0.4, -0.2) is 4.98 Å². The van der Waals surface area contributed by atoms with E-state index < -0.39 is 0 Å². The van der Waals surface area contributed by atoms with Gasteiger partial charge in [-0.05, 0) is 35.8 Å². The highest BCUT2D eigenvalue weighted by molar-refractivity contribution is 5.24.